The first-order valence-corrected chi connectivity index (χ1v) is 9.17. The molecule has 0 bridgehead atoms. The summed E-state index contributed by atoms with van der Waals surface area (Å²) in [6.07, 6.45) is 6.99. The lowest BCUT2D eigenvalue weighted by Gasteiger charge is -2.32. The lowest BCUT2D eigenvalue weighted by Crippen LogP contribution is -2.39. The second-order valence-corrected chi connectivity index (χ2v) is 7.00. The van der Waals surface area contributed by atoms with Gasteiger partial charge >= 0.3 is 0 Å². The summed E-state index contributed by atoms with van der Waals surface area (Å²) >= 11 is 0. The minimum absolute atomic E-state index is 0.0161. The third-order valence-electron chi connectivity index (χ3n) is 4.80. The number of aryl methyl sites for hydroxylation is 2. The maximum absolute atomic E-state index is 12.8. The van der Waals surface area contributed by atoms with E-state index in [1.54, 1.807) is 30.7 Å². The predicted octanol–water partition coefficient (Wildman–Crippen LogP) is 2.90. The molecule has 1 atom stereocenters. The molecule has 0 aromatic carbocycles. The molecule has 0 spiro atoms. The highest BCUT2D eigenvalue weighted by molar-refractivity contribution is 5.94. The molecule has 3 aromatic heterocycles. The Morgan fingerprint density at radius 2 is 2.15 bits per heavy atom. The van der Waals surface area contributed by atoms with Crippen LogP contribution < -0.4 is 0 Å². The summed E-state index contributed by atoms with van der Waals surface area (Å²) in [4.78, 5) is 35.7. The molecule has 138 valence electrons. The topological polar surface area (TPSA) is 87.7 Å². The average Bonchev–Trinajstić information content (AvgIpc) is 3.14. The van der Waals surface area contributed by atoms with Crippen LogP contribution in [0.4, 0.5) is 0 Å². The SMILES string of the molecule is Cc1cc(-c2ncc(C)[nH]2)nc([C@@H]2CCCN(C(=O)c3cccnc3)C2)n1. The normalized spacial score (nSPS) is 17.1. The third kappa shape index (κ3) is 3.72. The van der Waals surface area contributed by atoms with E-state index in [4.69, 9.17) is 4.98 Å². The molecule has 1 aliphatic rings. The first-order valence-electron chi connectivity index (χ1n) is 9.17. The van der Waals surface area contributed by atoms with Gasteiger partial charge in [0.25, 0.3) is 5.91 Å². The average molecular weight is 362 g/mol. The third-order valence-corrected chi connectivity index (χ3v) is 4.80. The molecule has 0 aliphatic carbocycles. The summed E-state index contributed by atoms with van der Waals surface area (Å²) < 4.78 is 0. The molecule has 0 radical (unpaired) electrons. The van der Waals surface area contributed by atoms with Crippen molar-refractivity contribution >= 4 is 5.91 Å². The van der Waals surface area contributed by atoms with Gasteiger partial charge in [0.15, 0.2) is 5.82 Å². The maximum atomic E-state index is 12.8. The Hall–Kier alpha value is -3.09. The minimum atomic E-state index is 0.0161. The fourth-order valence-corrected chi connectivity index (χ4v) is 3.48. The van der Waals surface area contributed by atoms with Crippen molar-refractivity contribution in [3.05, 3.63) is 59.6 Å². The molecular weight excluding hydrogens is 340 g/mol. The molecule has 0 unspecified atom stereocenters. The molecule has 1 amide bonds. The van der Waals surface area contributed by atoms with E-state index in [-0.39, 0.29) is 11.8 Å². The van der Waals surface area contributed by atoms with E-state index in [0.29, 0.717) is 12.1 Å². The van der Waals surface area contributed by atoms with Crippen molar-refractivity contribution in [3.63, 3.8) is 0 Å². The number of H-pyrrole nitrogens is 1. The summed E-state index contributed by atoms with van der Waals surface area (Å²) in [5.41, 5.74) is 3.31. The molecule has 4 heterocycles. The van der Waals surface area contributed by atoms with Gasteiger partial charge < -0.3 is 9.88 Å². The fraction of sp³-hybridized carbons (Fsp3) is 0.350. The highest BCUT2D eigenvalue weighted by atomic mass is 16.2. The van der Waals surface area contributed by atoms with Crippen LogP contribution in [0.15, 0.2) is 36.8 Å². The van der Waals surface area contributed by atoms with Gasteiger partial charge in [-0.05, 0) is 44.9 Å². The lowest BCUT2D eigenvalue weighted by atomic mass is 9.96. The number of carbonyl (C=O) groups excluding carboxylic acids is 1. The highest BCUT2D eigenvalue weighted by Gasteiger charge is 2.27. The number of hydrogen-bond acceptors (Lipinski definition) is 5. The second kappa shape index (κ2) is 7.26. The molecule has 0 saturated carbocycles. The van der Waals surface area contributed by atoms with E-state index >= 15 is 0 Å². The first kappa shape index (κ1) is 17.3. The zero-order valence-electron chi connectivity index (χ0n) is 15.5. The highest BCUT2D eigenvalue weighted by Crippen LogP contribution is 2.27. The molecule has 1 fully saturated rings. The van der Waals surface area contributed by atoms with E-state index in [0.717, 1.165) is 48.1 Å². The van der Waals surface area contributed by atoms with Crippen LogP contribution in [0.2, 0.25) is 0 Å². The Bertz CT molecular complexity index is 952. The van der Waals surface area contributed by atoms with Crippen LogP contribution >= 0.6 is 0 Å². The van der Waals surface area contributed by atoms with Gasteiger partial charge in [-0.15, -0.1) is 0 Å². The zero-order valence-corrected chi connectivity index (χ0v) is 15.5. The standard InChI is InChI=1S/C20H22N6O/c1-13-9-17(19-22-10-14(2)24-19)25-18(23-13)16-6-4-8-26(12-16)20(27)15-5-3-7-21-11-15/h3,5,7,9-11,16H,4,6,8,12H2,1-2H3,(H,22,24)/t16-/m1/s1. The van der Waals surface area contributed by atoms with E-state index in [1.807, 2.05) is 24.8 Å². The van der Waals surface area contributed by atoms with Gasteiger partial charge in [0.05, 0.1) is 5.56 Å². The van der Waals surface area contributed by atoms with Crippen molar-refractivity contribution in [1.29, 1.82) is 0 Å². The van der Waals surface area contributed by atoms with Crippen molar-refractivity contribution < 1.29 is 4.79 Å². The number of carbonyl (C=O) groups is 1. The number of aromatic amines is 1. The van der Waals surface area contributed by atoms with Gasteiger partial charge in [0, 0.05) is 49.0 Å². The molecule has 4 rings (SSSR count). The molecular formula is C20H22N6O. The van der Waals surface area contributed by atoms with Crippen molar-refractivity contribution in [1.82, 2.24) is 29.8 Å². The zero-order chi connectivity index (χ0) is 18.8. The number of piperidine rings is 1. The molecule has 1 N–H and O–H groups in total. The maximum Gasteiger partial charge on any atom is 0.255 e. The number of likely N-dealkylation sites (tertiary alicyclic amines) is 1. The second-order valence-electron chi connectivity index (χ2n) is 7.00. The molecule has 7 nitrogen and oxygen atoms in total. The number of pyridine rings is 1. The van der Waals surface area contributed by atoms with E-state index in [2.05, 4.69) is 19.9 Å². The van der Waals surface area contributed by atoms with Crippen LogP contribution in [-0.2, 0) is 0 Å². The Labute approximate surface area is 157 Å². The van der Waals surface area contributed by atoms with Crippen LogP contribution in [0.1, 0.15) is 46.3 Å². The Balaban J connectivity index is 1.58. The van der Waals surface area contributed by atoms with Gasteiger partial charge in [0.1, 0.15) is 11.5 Å². The van der Waals surface area contributed by atoms with Crippen LogP contribution in [0.25, 0.3) is 11.5 Å². The number of aromatic nitrogens is 5. The number of amides is 1. The number of rotatable bonds is 3. The van der Waals surface area contributed by atoms with Crippen molar-refractivity contribution in [2.75, 3.05) is 13.1 Å². The minimum Gasteiger partial charge on any atom is -0.341 e. The van der Waals surface area contributed by atoms with Gasteiger partial charge in [-0.1, -0.05) is 0 Å². The Kier molecular flexibility index (Phi) is 4.66. The van der Waals surface area contributed by atoms with Gasteiger partial charge in [-0.25, -0.2) is 15.0 Å². The number of nitrogens with zero attached hydrogens (tertiary/aromatic N) is 5. The number of nitrogens with one attached hydrogen (secondary N) is 1. The van der Waals surface area contributed by atoms with Gasteiger partial charge in [-0.3, -0.25) is 9.78 Å². The predicted molar refractivity (Wildman–Crippen MR) is 101 cm³/mol. The first-order chi connectivity index (χ1) is 13.1. The van der Waals surface area contributed by atoms with Crippen LogP contribution in [0.3, 0.4) is 0 Å². The van der Waals surface area contributed by atoms with Crippen LogP contribution in [0, 0.1) is 13.8 Å². The molecule has 7 heteroatoms. The van der Waals surface area contributed by atoms with Crippen molar-refractivity contribution in [2.24, 2.45) is 0 Å². The smallest absolute Gasteiger partial charge is 0.255 e. The van der Waals surface area contributed by atoms with Crippen LogP contribution in [-0.4, -0.2) is 48.8 Å². The molecule has 3 aromatic rings. The quantitative estimate of drug-likeness (QED) is 0.774. The lowest BCUT2D eigenvalue weighted by molar-refractivity contribution is 0.0704. The Morgan fingerprint density at radius 3 is 2.89 bits per heavy atom. The molecule has 1 aliphatic heterocycles. The summed E-state index contributed by atoms with van der Waals surface area (Å²) in [6, 6.07) is 5.53. The number of hydrogen-bond donors (Lipinski definition) is 1. The fourth-order valence-electron chi connectivity index (χ4n) is 3.48. The van der Waals surface area contributed by atoms with E-state index in [9.17, 15) is 4.79 Å². The van der Waals surface area contributed by atoms with Crippen molar-refractivity contribution in [3.8, 4) is 11.5 Å². The monoisotopic (exact) mass is 362 g/mol. The van der Waals surface area contributed by atoms with E-state index < -0.39 is 0 Å². The largest absolute Gasteiger partial charge is 0.341 e. The molecule has 1 saturated heterocycles. The van der Waals surface area contributed by atoms with Crippen molar-refractivity contribution in [2.45, 2.75) is 32.6 Å². The summed E-state index contributed by atoms with van der Waals surface area (Å²) in [5, 5.41) is 0. The van der Waals surface area contributed by atoms with Gasteiger partial charge in [0.2, 0.25) is 0 Å². The molecule has 27 heavy (non-hydrogen) atoms. The Morgan fingerprint density at radius 1 is 1.26 bits per heavy atom. The summed E-state index contributed by atoms with van der Waals surface area (Å²) in [5.74, 6) is 1.66. The van der Waals surface area contributed by atoms with Crippen LogP contribution in [0.5, 0.6) is 0 Å². The summed E-state index contributed by atoms with van der Waals surface area (Å²) in [6.45, 7) is 5.30. The van der Waals surface area contributed by atoms with Gasteiger partial charge in [-0.2, -0.15) is 0 Å². The van der Waals surface area contributed by atoms with E-state index in [1.165, 1.54) is 0 Å². The summed E-state index contributed by atoms with van der Waals surface area (Å²) in [7, 11) is 0. The number of imidazole rings is 1.